The van der Waals surface area contributed by atoms with Crippen molar-refractivity contribution in [3.05, 3.63) is 66.3 Å². The Morgan fingerprint density at radius 3 is 2.73 bits per heavy atom. The van der Waals surface area contributed by atoms with Crippen LogP contribution in [-0.2, 0) is 16.1 Å². The molecule has 0 bridgehead atoms. The van der Waals surface area contributed by atoms with Crippen molar-refractivity contribution in [3.63, 3.8) is 0 Å². The van der Waals surface area contributed by atoms with E-state index in [9.17, 15) is 4.79 Å². The average molecular weight is 357 g/mol. The summed E-state index contributed by atoms with van der Waals surface area (Å²) in [5.41, 5.74) is 2.53. The van der Waals surface area contributed by atoms with Gasteiger partial charge in [0.1, 0.15) is 0 Å². The van der Waals surface area contributed by atoms with Crippen molar-refractivity contribution in [2.45, 2.75) is 51.2 Å². The quantitative estimate of drug-likeness (QED) is 0.474. The number of allylic oxidation sites excluding steroid dienone is 2. The number of hydrogen-bond acceptors (Lipinski definition) is 4. The summed E-state index contributed by atoms with van der Waals surface area (Å²) in [4.78, 5) is 19.8. The normalized spacial score (nSPS) is 14.2. The van der Waals surface area contributed by atoms with Crippen LogP contribution < -0.4 is 5.90 Å². The van der Waals surface area contributed by atoms with Crippen LogP contribution in [0.2, 0.25) is 0 Å². The summed E-state index contributed by atoms with van der Waals surface area (Å²) in [7, 11) is 0. The van der Waals surface area contributed by atoms with Gasteiger partial charge in [-0.05, 0) is 31.2 Å². The molecule has 0 aliphatic heterocycles. The molecule has 1 heterocycles. The van der Waals surface area contributed by atoms with Gasteiger partial charge in [-0.15, -0.1) is 0 Å². The first-order valence-corrected chi connectivity index (χ1v) is 8.94. The minimum Gasteiger partial charge on any atom is -0.479 e. The summed E-state index contributed by atoms with van der Waals surface area (Å²) in [6.07, 6.45) is 10.5. The molecule has 0 aliphatic carbocycles. The van der Waals surface area contributed by atoms with E-state index < -0.39 is 12.1 Å². The maximum Gasteiger partial charge on any atom is 0.334 e. The number of rotatable bonds is 11. The molecule has 0 radical (unpaired) electrons. The molecule has 140 valence electrons. The van der Waals surface area contributed by atoms with Gasteiger partial charge >= 0.3 is 5.97 Å². The van der Waals surface area contributed by atoms with Crippen LogP contribution >= 0.6 is 0 Å². The molecule has 2 rings (SSSR count). The fourth-order valence-electron chi connectivity index (χ4n) is 3.08. The van der Waals surface area contributed by atoms with Gasteiger partial charge in [0.15, 0.2) is 6.10 Å². The number of nitrogens with two attached hydrogens (primary N) is 1. The maximum absolute atomic E-state index is 11.1. The number of carboxylic acids is 1. The van der Waals surface area contributed by atoms with Crippen LogP contribution in [0.4, 0.5) is 0 Å². The van der Waals surface area contributed by atoms with Crippen LogP contribution in [0.15, 0.2) is 60.7 Å². The zero-order valence-corrected chi connectivity index (χ0v) is 15.1. The summed E-state index contributed by atoms with van der Waals surface area (Å²) in [5, 5.41) is 9.06. The Morgan fingerprint density at radius 1 is 1.38 bits per heavy atom. The Kier molecular flexibility index (Phi) is 8.05. The molecule has 0 spiro atoms. The Labute approximate surface area is 154 Å². The lowest BCUT2D eigenvalue weighted by atomic mass is 9.94. The Bertz CT molecular complexity index is 684. The van der Waals surface area contributed by atoms with E-state index in [1.807, 2.05) is 30.7 Å². The molecular formula is C20H27N3O3. The lowest BCUT2D eigenvalue weighted by Gasteiger charge is -2.23. The van der Waals surface area contributed by atoms with Gasteiger partial charge in [-0.1, -0.05) is 55.3 Å². The van der Waals surface area contributed by atoms with E-state index in [0.717, 1.165) is 19.3 Å². The molecule has 2 atom stereocenters. The third kappa shape index (κ3) is 5.82. The summed E-state index contributed by atoms with van der Waals surface area (Å²) in [6, 6.07) is 10.5. The van der Waals surface area contributed by atoms with E-state index in [0.29, 0.717) is 12.8 Å². The van der Waals surface area contributed by atoms with Gasteiger partial charge in [0, 0.05) is 12.4 Å². The van der Waals surface area contributed by atoms with Gasteiger partial charge in [-0.2, -0.15) is 0 Å². The van der Waals surface area contributed by atoms with Crippen LogP contribution in [0.25, 0.3) is 0 Å². The molecule has 3 N–H and O–H groups in total. The van der Waals surface area contributed by atoms with Gasteiger partial charge in [0.05, 0.1) is 12.4 Å². The molecule has 6 nitrogen and oxygen atoms in total. The van der Waals surface area contributed by atoms with Crippen LogP contribution in [0.3, 0.4) is 0 Å². The number of hydrogen-bond donors (Lipinski definition) is 2. The predicted octanol–water partition coefficient (Wildman–Crippen LogP) is 3.52. The van der Waals surface area contributed by atoms with E-state index >= 15 is 0 Å². The first kappa shape index (κ1) is 19.9. The number of aliphatic carboxylic acids is 1. The molecule has 2 aromatic rings. The van der Waals surface area contributed by atoms with Crippen molar-refractivity contribution in [2.24, 2.45) is 5.90 Å². The second-order valence-corrected chi connectivity index (χ2v) is 6.28. The fourth-order valence-corrected chi connectivity index (χ4v) is 3.08. The predicted molar refractivity (Wildman–Crippen MR) is 100 cm³/mol. The molecule has 1 aromatic carbocycles. The van der Waals surface area contributed by atoms with Crippen LogP contribution in [-0.4, -0.2) is 26.7 Å². The van der Waals surface area contributed by atoms with Crippen molar-refractivity contribution in [3.8, 4) is 0 Å². The zero-order chi connectivity index (χ0) is 18.8. The zero-order valence-electron chi connectivity index (χ0n) is 15.1. The first-order valence-electron chi connectivity index (χ1n) is 8.94. The number of carbonyl (C=O) groups is 1. The maximum atomic E-state index is 11.1. The van der Waals surface area contributed by atoms with Crippen molar-refractivity contribution in [1.82, 2.24) is 9.55 Å². The Balaban J connectivity index is 2.19. The first-order chi connectivity index (χ1) is 12.7. The van der Waals surface area contributed by atoms with Crippen molar-refractivity contribution in [2.75, 3.05) is 0 Å². The number of benzene rings is 1. The van der Waals surface area contributed by atoms with Crippen molar-refractivity contribution >= 4 is 5.97 Å². The van der Waals surface area contributed by atoms with E-state index in [1.54, 1.807) is 6.20 Å². The van der Waals surface area contributed by atoms with Crippen molar-refractivity contribution < 1.29 is 14.7 Å². The number of carboxylic acid groups (broad SMARTS) is 1. The molecule has 2 unspecified atom stereocenters. The minimum absolute atomic E-state index is 0.155. The average Bonchev–Trinajstić information content (AvgIpc) is 3.17. The highest BCUT2D eigenvalue weighted by molar-refractivity contribution is 5.72. The number of imidazole rings is 1. The standard InChI is InChI=1S/C20H27N3O3/c1-2-7-17(10-6-11-19(26-21)20(24)25)18(23-13-12-22-15-23)14-16-8-4-3-5-9-16/h3-5,8-10,12-13,15,18-19H,2,6-7,11,14,21H2,1H3,(H,24,25)/b17-10-. The fraction of sp³-hybridized carbons (Fsp3) is 0.400. The molecule has 0 saturated carbocycles. The van der Waals surface area contributed by atoms with Crippen LogP contribution in [0, 0.1) is 0 Å². The van der Waals surface area contributed by atoms with E-state index in [2.05, 4.69) is 39.5 Å². The van der Waals surface area contributed by atoms with Crippen molar-refractivity contribution in [1.29, 1.82) is 0 Å². The highest BCUT2D eigenvalue weighted by Crippen LogP contribution is 2.27. The highest BCUT2D eigenvalue weighted by Gasteiger charge is 2.19. The number of nitrogens with zero attached hydrogens (tertiary/aromatic N) is 2. The molecule has 0 amide bonds. The summed E-state index contributed by atoms with van der Waals surface area (Å²) < 4.78 is 2.11. The smallest absolute Gasteiger partial charge is 0.334 e. The monoisotopic (exact) mass is 357 g/mol. The topological polar surface area (TPSA) is 90.4 Å². The lowest BCUT2D eigenvalue weighted by Crippen LogP contribution is -2.26. The summed E-state index contributed by atoms with van der Waals surface area (Å²) >= 11 is 0. The third-order valence-electron chi connectivity index (χ3n) is 4.40. The molecular weight excluding hydrogens is 330 g/mol. The summed E-state index contributed by atoms with van der Waals surface area (Å²) in [5.74, 6) is 4.04. The van der Waals surface area contributed by atoms with Crippen LogP contribution in [0.1, 0.15) is 44.2 Å². The third-order valence-corrected chi connectivity index (χ3v) is 4.40. The molecule has 0 aliphatic rings. The SMILES string of the molecule is CCC/C(=C/CCC(ON)C(=O)O)C(Cc1ccccc1)n1ccnc1. The number of aromatic nitrogens is 2. The van der Waals surface area contributed by atoms with E-state index in [1.165, 1.54) is 11.1 Å². The molecule has 0 fully saturated rings. The Hall–Kier alpha value is -2.44. The van der Waals surface area contributed by atoms with Gasteiger partial charge in [0.2, 0.25) is 0 Å². The molecule has 0 saturated heterocycles. The van der Waals surface area contributed by atoms with E-state index in [-0.39, 0.29) is 6.04 Å². The van der Waals surface area contributed by atoms with E-state index in [4.69, 9.17) is 11.0 Å². The lowest BCUT2D eigenvalue weighted by molar-refractivity contribution is -0.151. The second-order valence-electron chi connectivity index (χ2n) is 6.28. The molecule has 1 aromatic heterocycles. The summed E-state index contributed by atoms with van der Waals surface area (Å²) in [6.45, 7) is 2.14. The molecule has 26 heavy (non-hydrogen) atoms. The van der Waals surface area contributed by atoms with Crippen LogP contribution in [0.5, 0.6) is 0 Å². The molecule has 6 heteroatoms. The largest absolute Gasteiger partial charge is 0.479 e. The van der Waals surface area contributed by atoms with Gasteiger partial charge in [-0.25, -0.2) is 15.7 Å². The van der Waals surface area contributed by atoms with Gasteiger partial charge in [0.25, 0.3) is 0 Å². The minimum atomic E-state index is -1.03. The van der Waals surface area contributed by atoms with Gasteiger partial charge in [-0.3, -0.25) is 4.84 Å². The highest BCUT2D eigenvalue weighted by atomic mass is 16.6. The second kappa shape index (κ2) is 10.5. The van der Waals surface area contributed by atoms with Gasteiger partial charge < -0.3 is 9.67 Å². The Morgan fingerprint density at radius 2 is 2.15 bits per heavy atom.